The minimum atomic E-state index is 0.222. The maximum Gasteiger partial charge on any atom is 0.122 e. The molecule has 2 rings (SSSR count). The monoisotopic (exact) mass is 237 g/mol. The molecule has 2 heterocycles. The average molecular weight is 237 g/mol. The summed E-state index contributed by atoms with van der Waals surface area (Å²) in [6.45, 7) is 8.05. The number of hydrogen-bond acceptors (Lipinski definition) is 4. The van der Waals surface area contributed by atoms with Gasteiger partial charge in [-0.1, -0.05) is 0 Å². The molecule has 4 nitrogen and oxygen atoms in total. The summed E-state index contributed by atoms with van der Waals surface area (Å²) in [5, 5.41) is 0. The Morgan fingerprint density at radius 3 is 2.76 bits per heavy atom. The highest BCUT2D eigenvalue weighted by atomic mass is 16.3. The third kappa shape index (κ3) is 2.70. The molecule has 0 aromatic carbocycles. The fourth-order valence-electron chi connectivity index (χ4n) is 2.44. The smallest absolute Gasteiger partial charge is 0.122 e. The first kappa shape index (κ1) is 12.6. The van der Waals surface area contributed by atoms with Crippen LogP contribution in [0.25, 0.3) is 0 Å². The molecule has 17 heavy (non-hydrogen) atoms. The van der Waals surface area contributed by atoms with E-state index in [2.05, 4.69) is 29.8 Å². The Morgan fingerprint density at radius 2 is 2.24 bits per heavy atom. The van der Waals surface area contributed by atoms with Crippen LogP contribution in [0.1, 0.15) is 24.5 Å². The van der Waals surface area contributed by atoms with Crippen LogP contribution in [-0.4, -0.2) is 49.1 Å². The van der Waals surface area contributed by atoms with Crippen molar-refractivity contribution in [3.8, 4) is 0 Å². The van der Waals surface area contributed by atoms with Crippen molar-refractivity contribution in [2.24, 2.45) is 5.73 Å². The van der Waals surface area contributed by atoms with Gasteiger partial charge in [0.15, 0.2) is 0 Å². The molecule has 4 heteroatoms. The molecule has 0 spiro atoms. The molecule has 1 aliphatic heterocycles. The first-order valence-corrected chi connectivity index (χ1v) is 6.32. The molecule has 2 N–H and O–H groups in total. The molecule has 1 aromatic rings. The average Bonchev–Trinajstić information content (AvgIpc) is 2.71. The molecule has 0 amide bonds. The second-order valence-corrected chi connectivity index (χ2v) is 5.02. The van der Waals surface area contributed by atoms with Crippen LogP contribution in [0.4, 0.5) is 0 Å². The normalized spacial score (nSPS) is 25.1. The molecular formula is C13H23N3O. The van der Waals surface area contributed by atoms with Crippen molar-refractivity contribution in [1.29, 1.82) is 0 Å². The van der Waals surface area contributed by atoms with E-state index in [9.17, 15) is 0 Å². The molecule has 1 fully saturated rings. The van der Waals surface area contributed by atoms with Crippen LogP contribution in [0.3, 0.4) is 0 Å². The zero-order chi connectivity index (χ0) is 12.4. The fourth-order valence-corrected chi connectivity index (χ4v) is 2.44. The summed E-state index contributed by atoms with van der Waals surface area (Å²) in [4.78, 5) is 4.82. The minimum Gasteiger partial charge on any atom is -0.465 e. The van der Waals surface area contributed by atoms with E-state index in [-0.39, 0.29) is 6.04 Å². The maximum atomic E-state index is 5.91. The first-order valence-electron chi connectivity index (χ1n) is 6.32. The van der Waals surface area contributed by atoms with Crippen molar-refractivity contribution in [3.05, 3.63) is 23.7 Å². The summed E-state index contributed by atoms with van der Waals surface area (Å²) < 4.78 is 5.72. The Balaban J connectivity index is 2.08. The van der Waals surface area contributed by atoms with E-state index < -0.39 is 0 Å². The molecule has 2 unspecified atom stereocenters. The third-order valence-electron chi connectivity index (χ3n) is 3.74. The van der Waals surface area contributed by atoms with E-state index in [1.165, 1.54) is 0 Å². The lowest BCUT2D eigenvalue weighted by Gasteiger charge is -2.40. The van der Waals surface area contributed by atoms with Gasteiger partial charge in [-0.2, -0.15) is 0 Å². The zero-order valence-corrected chi connectivity index (χ0v) is 11.0. The molecule has 1 aliphatic rings. The second-order valence-electron chi connectivity index (χ2n) is 5.02. The minimum absolute atomic E-state index is 0.222. The van der Waals surface area contributed by atoms with E-state index in [4.69, 9.17) is 10.2 Å². The van der Waals surface area contributed by atoms with Crippen LogP contribution in [-0.2, 0) is 0 Å². The van der Waals surface area contributed by atoms with E-state index in [1.807, 2.05) is 13.0 Å². The van der Waals surface area contributed by atoms with Gasteiger partial charge in [-0.25, -0.2) is 0 Å². The predicted octanol–water partition coefficient (Wildman–Crippen LogP) is 1.22. The highest BCUT2D eigenvalue weighted by Gasteiger charge is 2.28. The van der Waals surface area contributed by atoms with Crippen molar-refractivity contribution in [1.82, 2.24) is 9.80 Å². The second kappa shape index (κ2) is 5.21. The summed E-state index contributed by atoms with van der Waals surface area (Å²) in [7, 11) is 2.18. The van der Waals surface area contributed by atoms with Gasteiger partial charge < -0.3 is 15.1 Å². The number of piperazine rings is 1. The maximum absolute atomic E-state index is 5.91. The van der Waals surface area contributed by atoms with Gasteiger partial charge in [0.25, 0.3) is 0 Å². The van der Waals surface area contributed by atoms with Crippen molar-refractivity contribution in [2.75, 3.05) is 33.2 Å². The largest absolute Gasteiger partial charge is 0.465 e. The third-order valence-corrected chi connectivity index (χ3v) is 3.74. The van der Waals surface area contributed by atoms with Gasteiger partial charge in [0.2, 0.25) is 0 Å². The number of aryl methyl sites for hydroxylation is 1. The molecule has 2 atom stereocenters. The van der Waals surface area contributed by atoms with Gasteiger partial charge in [0.05, 0.1) is 6.04 Å². The van der Waals surface area contributed by atoms with Crippen LogP contribution in [0, 0.1) is 6.92 Å². The topological polar surface area (TPSA) is 45.6 Å². The molecule has 0 saturated carbocycles. The molecule has 1 aromatic heterocycles. The summed E-state index contributed by atoms with van der Waals surface area (Å²) in [5.74, 6) is 1.96. The zero-order valence-electron chi connectivity index (χ0n) is 11.0. The number of hydrogen-bond donors (Lipinski definition) is 1. The van der Waals surface area contributed by atoms with E-state index >= 15 is 0 Å². The van der Waals surface area contributed by atoms with Gasteiger partial charge >= 0.3 is 0 Å². The Labute approximate surface area is 103 Å². The Hall–Kier alpha value is -0.840. The van der Waals surface area contributed by atoms with Crippen molar-refractivity contribution in [3.63, 3.8) is 0 Å². The molecule has 0 aliphatic carbocycles. The summed E-state index contributed by atoms with van der Waals surface area (Å²) in [5.41, 5.74) is 5.91. The van der Waals surface area contributed by atoms with Crippen molar-refractivity contribution < 1.29 is 4.42 Å². The van der Waals surface area contributed by atoms with Gasteiger partial charge in [0.1, 0.15) is 11.5 Å². The fraction of sp³-hybridized carbons (Fsp3) is 0.692. The van der Waals surface area contributed by atoms with E-state index in [0.717, 1.165) is 31.2 Å². The lowest BCUT2D eigenvalue weighted by atomic mass is 10.1. The van der Waals surface area contributed by atoms with Gasteiger partial charge in [-0.3, -0.25) is 4.90 Å². The van der Waals surface area contributed by atoms with Crippen LogP contribution in [0.5, 0.6) is 0 Å². The summed E-state index contributed by atoms with van der Waals surface area (Å²) in [6, 6.07) is 4.86. The first-order chi connectivity index (χ1) is 8.11. The number of nitrogens with zero attached hydrogens (tertiary/aromatic N) is 2. The van der Waals surface area contributed by atoms with Crippen molar-refractivity contribution in [2.45, 2.75) is 25.9 Å². The SMILES string of the molecule is Cc1ccc(C(CN)N2CCN(C)C(C)C2)o1. The van der Waals surface area contributed by atoms with Crippen LogP contribution >= 0.6 is 0 Å². The van der Waals surface area contributed by atoms with E-state index in [1.54, 1.807) is 0 Å². The predicted molar refractivity (Wildman–Crippen MR) is 68.9 cm³/mol. The molecule has 0 radical (unpaired) electrons. The van der Waals surface area contributed by atoms with Crippen LogP contribution < -0.4 is 5.73 Å². The van der Waals surface area contributed by atoms with Crippen molar-refractivity contribution >= 4 is 0 Å². The molecular weight excluding hydrogens is 214 g/mol. The lowest BCUT2D eigenvalue weighted by molar-refractivity contribution is 0.0662. The Morgan fingerprint density at radius 1 is 1.47 bits per heavy atom. The Bertz CT molecular complexity index is 363. The Kier molecular flexibility index (Phi) is 3.86. The number of furan rings is 1. The summed E-state index contributed by atoms with van der Waals surface area (Å²) >= 11 is 0. The number of rotatable bonds is 3. The molecule has 0 bridgehead atoms. The quantitative estimate of drug-likeness (QED) is 0.858. The molecule has 1 saturated heterocycles. The molecule has 96 valence electrons. The lowest BCUT2D eigenvalue weighted by Crippen LogP contribution is -2.52. The van der Waals surface area contributed by atoms with E-state index in [0.29, 0.717) is 12.6 Å². The number of nitrogens with two attached hydrogens (primary N) is 1. The van der Waals surface area contributed by atoms with Gasteiger partial charge in [-0.05, 0) is 33.0 Å². The highest BCUT2D eigenvalue weighted by Crippen LogP contribution is 2.24. The summed E-state index contributed by atoms with van der Waals surface area (Å²) in [6.07, 6.45) is 0. The van der Waals surface area contributed by atoms with Crippen LogP contribution in [0.15, 0.2) is 16.5 Å². The highest BCUT2D eigenvalue weighted by molar-refractivity contribution is 5.11. The standard InChI is InChI=1S/C13H23N3O/c1-10-9-16(7-6-15(10)3)12(8-14)13-5-4-11(2)17-13/h4-5,10,12H,6-9,14H2,1-3H3. The number of likely N-dealkylation sites (N-methyl/N-ethyl adjacent to an activating group) is 1. The van der Waals surface area contributed by atoms with Gasteiger partial charge in [0, 0.05) is 32.2 Å². The van der Waals surface area contributed by atoms with Gasteiger partial charge in [-0.15, -0.1) is 0 Å². The van der Waals surface area contributed by atoms with Crippen LogP contribution in [0.2, 0.25) is 0 Å².